The lowest BCUT2D eigenvalue weighted by atomic mass is 9.77. The Kier molecular flexibility index (Phi) is 5.98. The number of nitrogens with zero attached hydrogens (tertiary/aromatic N) is 1. The first-order valence-corrected chi connectivity index (χ1v) is 13.7. The summed E-state index contributed by atoms with van der Waals surface area (Å²) in [6.07, 6.45) is 7.26. The van der Waals surface area contributed by atoms with Crippen molar-refractivity contribution in [2.75, 3.05) is 10.6 Å². The van der Waals surface area contributed by atoms with Crippen LogP contribution in [0.4, 0.5) is 10.1 Å². The predicted molar refractivity (Wildman–Crippen MR) is 135 cm³/mol. The minimum absolute atomic E-state index is 0.0152. The summed E-state index contributed by atoms with van der Waals surface area (Å²) in [7, 11) is -3.43. The Bertz CT molecular complexity index is 1270. The second kappa shape index (κ2) is 8.82. The topological polar surface area (TPSA) is 49.4 Å². The van der Waals surface area contributed by atoms with Gasteiger partial charge < -0.3 is 5.32 Å². The molecule has 4 nitrogen and oxygen atoms in total. The highest BCUT2D eigenvalue weighted by atomic mass is 32.2. The molecule has 34 heavy (non-hydrogen) atoms. The molecule has 0 amide bonds. The summed E-state index contributed by atoms with van der Waals surface area (Å²) < 4.78 is 40.5. The van der Waals surface area contributed by atoms with Crippen LogP contribution in [0, 0.1) is 5.82 Å². The number of sulfonamides is 1. The van der Waals surface area contributed by atoms with E-state index in [1.165, 1.54) is 16.6 Å². The van der Waals surface area contributed by atoms with Crippen molar-refractivity contribution in [2.45, 2.75) is 56.1 Å². The molecule has 0 saturated carbocycles. The third kappa shape index (κ3) is 4.89. The number of nitrogens with one attached hydrogen (secondary N) is 1. The average Bonchev–Trinajstić information content (AvgIpc) is 3.32. The van der Waals surface area contributed by atoms with Gasteiger partial charge in [-0.15, -0.1) is 0 Å². The molecule has 178 valence electrons. The largest absolute Gasteiger partial charge is 0.305 e. The zero-order valence-corrected chi connectivity index (χ0v) is 20.3. The van der Waals surface area contributed by atoms with Crippen molar-refractivity contribution in [1.29, 1.82) is 0 Å². The van der Waals surface area contributed by atoms with Crippen molar-refractivity contribution in [2.24, 2.45) is 0 Å². The first-order chi connectivity index (χ1) is 16.2. The Hall–Kier alpha value is -2.70. The molecule has 3 aromatic rings. The summed E-state index contributed by atoms with van der Waals surface area (Å²) in [5.41, 5.74) is 3.86. The third-order valence-electron chi connectivity index (χ3n) is 7.44. The van der Waals surface area contributed by atoms with Crippen LogP contribution in [0.1, 0.15) is 42.4 Å². The number of fused-ring (bicyclic) bond motifs is 2. The van der Waals surface area contributed by atoms with Crippen LogP contribution in [0.2, 0.25) is 0 Å². The van der Waals surface area contributed by atoms with Crippen LogP contribution in [0.15, 0.2) is 78.9 Å². The molecule has 0 unspecified atom stereocenters. The number of anilines is 1. The zero-order valence-electron chi connectivity index (χ0n) is 19.5. The molecule has 2 saturated heterocycles. The molecule has 6 heteroatoms. The van der Waals surface area contributed by atoms with Gasteiger partial charge in [0.05, 0.1) is 18.5 Å². The van der Waals surface area contributed by atoms with Gasteiger partial charge in [0.2, 0.25) is 10.0 Å². The van der Waals surface area contributed by atoms with Crippen molar-refractivity contribution >= 4 is 15.7 Å². The van der Waals surface area contributed by atoms with Gasteiger partial charge in [-0.05, 0) is 79.5 Å². The van der Waals surface area contributed by atoms with Crippen LogP contribution in [0.5, 0.6) is 0 Å². The average molecular weight is 479 g/mol. The summed E-state index contributed by atoms with van der Waals surface area (Å²) in [6, 6.07) is 24.5. The number of halogens is 1. The molecule has 5 rings (SSSR count). The molecule has 0 atom stereocenters. The molecule has 0 spiro atoms. The van der Waals surface area contributed by atoms with E-state index in [4.69, 9.17) is 0 Å². The normalized spacial score (nSPS) is 23.8. The quantitative estimate of drug-likeness (QED) is 0.482. The van der Waals surface area contributed by atoms with Crippen LogP contribution in [-0.4, -0.2) is 25.8 Å². The Balaban J connectivity index is 1.34. The molecule has 2 bridgehead atoms. The molecule has 1 N–H and O–H groups in total. The number of rotatable bonds is 8. The van der Waals surface area contributed by atoms with E-state index in [0.717, 1.165) is 55.2 Å². The predicted octanol–water partition coefficient (Wildman–Crippen LogP) is 5.23. The second-order valence-corrected chi connectivity index (χ2v) is 12.0. The fourth-order valence-corrected chi connectivity index (χ4v) is 6.74. The standard InChI is InChI=1S/C28H31FN2O2S/c1-34(32,33)31(21-22-7-3-2-4-8-22)26-12-6-10-24(18-26)20-28-15-13-27(30-28,14-16-28)19-23-9-5-11-25(29)17-23/h2-12,17-18,30H,13-16,19-21H2,1H3. The molecule has 3 aromatic carbocycles. The van der Waals surface area contributed by atoms with E-state index in [9.17, 15) is 12.8 Å². The first kappa shape index (κ1) is 23.1. The summed E-state index contributed by atoms with van der Waals surface area (Å²) in [4.78, 5) is 0. The van der Waals surface area contributed by atoms with Gasteiger partial charge in [-0.25, -0.2) is 12.8 Å². The smallest absolute Gasteiger partial charge is 0.232 e. The molecule has 2 aliphatic rings. The lowest BCUT2D eigenvalue weighted by Crippen LogP contribution is -2.44. The molecule has 0 aliphatic carbocycles. The third-order valence-corrected chi connectivity index (χ3v) is 8.58. The monoisotopic (exact) mass is 478 g/mol. The fraction of sp³-hybridized carbons (Fsp3) is 0.357. The minimum atomic E-state index is -3.43. The van der Waals surface area contributed by atoms with Crippen LogP contribution < -0.4 is 9.62 Å². The SMILES string of the molecule is CS(=O)(=O)N(Cc1ccccc1)c1cccc(CC23CCC(Cc4cccc(F)c4)(CC2)N3)c1. The Morgan fingerprint density at radius 3 is 1.94 bits per heavy atom. The van der Waals surface area contributed by atoms with Gasteiger partial charge in [-0.1, -0.05) is 54.6 Å². The van der Waals surface area contributed by atoms with Crippen LogP contribution in [-0.2, 0) is 29.4 Å². The number of hydrogen-bond donors (Lipinski definition) is 1. The van der Waals surface area contributed by atoms with Gasteiger partial charge in [0.15, 0.2) is 0 Å². The maximum atomic E-state index is 13.7. The highest BCUT2D eigenvalue weighted by Gasteiger charge is 2.53. The number of hydrogen-bond acceptors (Lipinski definition) is 3. The van der Waals surface area contributed by atoms with E-state index in [0.29, 0.717) is 12.2 Å². The molecule has 2 heterocycles. The van der Waals surface area contributed by atoms with Crippen LogP contribution >= 0.6 is 0 Å². The van der Waals surface area contributed by atoms with E-state index in [1.54, 1.807) is 12.1 Å². The van der Waals surface area contributed by atoms with Crippen molar-refractivity contribution in [3.05, 3.63) is 101 Å². The fourth-order valence-electron chi connectivity index (χ4n) is 5.86. The molecular weight excluding hydrogens is 447 g/mol. The van der Waals surface area contributed by atoms with Gasteiger partial charge in [0.1, 0.15) is 5.82 Å². The maximum Gasteiger partial charge on any atom is 0.232 e. The van der Waals surface area contributed by atoms with E-state index in [-0.39, 0.29) is 16.9 Å². The highest BCUT2D eigenvalue weighted by molar-refractivity contribution is 7.92. The number of benzene rings is 3. The van der Waals surface area contributed by atoms with Crippen molar-refractivity contribution < 1.29 is 12.8 Å². The molecule has 2 aliphatic heterocycles. The summed E-state index contributed by atoms with van der Waals surface area (Å²) in [6.45, 7) is 0.309. The van der Waals surface area contributed by atoms with Crippen molar-refractivity contribution in [3.63, 3.8) is 0 Å². The molecular formula is C28H31FN2O2S. The second-order valence-electron chi connectivity index (χ2n) is 10.1. The van der Waals surface area contributed by atoms with Crippen LogP contribution in [0.3, 0.4) is 0 Å². The first-order valence-electron chi connectivity index (χ1n) is 11.9. The summed E-state index contributed by atoms with van der Waals surface area (Å²) in [5.74, 6) is -0.182. The van der Waals surface area contributed by atoms with Crippen LogP contribution in [0.25, 0.3) is 0 Å². The highest BCUT2D eigenvalue weighted by Crippen LogP contribution is 2.48. The molecule has 2 fully saturated rings. The maximum absolute atomic E-state index is 13.7. The minimum Gasteiger partial charge on any atom is -0.305 e. The Morgan fingerprint density at radius 2 is 1.35 bits per heavy atom. The van der Waals surface area contributed by atoms with Crippen molar-refractivity contribution in [3.8, 4) is 0 Å². The molecule has 0 aromatic heterocycles. The Morgan fingerprint density at radius 1 is 0.794 bits per heavy atom. The van der Waals surface area contributed by atoms with Gasteiger partial charge in [0.25, 0.3) is 0 Å². The summed E-state index contributed by atoms with van der Waals surface area (Å²) >= 11 is 0. The van der Waals surface area contributed by atoms with E-state index < -0.39 is 10.0 Å². The van der Waals surface area contributed by atoms with Gasteiger partial charge in [-0.2, -0.15) is 0 Å². The molecule has 0 radical (unpaired) electrons. The van der Waals surface area contributed by atoms with Gasteiger partial charge >= 0.3 is 0 Å². The van der Waals surface area contributed by atoms with Crippen molar-refractivity contribution in [1.82, 2.24) is 5.32 Å². The van der Waals surface area contributed by atoms with E-state index in [1.807, 2.05) is 54.6 Å². The summed E-state index contributed by atoms with van der Waals surface area (Å²) in [5, 5.41) is 3.94. The lowest BCUT2D eigenvalue weighted by Gasteiger charge is -2.27. The van der Waals surface area contributed by atoms with Gasteiger partial charge in [-0.3, -0.25) is 4.31 Å². The Labute approximate surface area is 201 Å². The van der Waals surface area contributed by atoms with E-state index >= 15 is 0 Å². The van der Waals surface area contributed by atoms with E-state index in [2.05, 4.69) is 11.4 Å². The lowest BCUT2D eigenvalue weighted by molar-refractivity contribution is 0.378. The van der Waals surface area contributed by atoms with Gasteiger partial charge in [0, 0.05) is 11.1 Å². The zero-order chi connectivity index (χ0) is 23.8.